The number of halogens is 1. The molecule has 11 heteroatoms. The number of nitrogens with zero attached hydrogens (tertiary/aromatic N) is 2. The van der Waals surface area contributed by atoms with E-state index in [4.69, 9.17) is 22.1 Å². The minimum Gasteiger partial charge on any atom is -0.442 e. The lowest BCUT2D eigenvalue weighted by Gasteiger charge is -2.24. The van der Waals surface area contributed by atoms with Crippen LogP contribution in [0.3, 0.4) is 0 Å². The topological polar surface area (TPSA) is 117 Å². The summed E-state index contributed by atoms with van der Waals surface area (Å²) in [6.45, 7) is 4.08. The Kier molecular flexibility index (Phi) is 8.71. The molecule has 3 heterocycles. The lowest BCUT2D eigenvalue weighted by molar-refractivity contribution is -0.116. The number of hydrogen-bond acceptors (Lipinski definition) is 7. The second-order valence-corrected chi connectivity index (χ2v) is 10.8. The molecule has 194 valence electrons. The molecule has 2 atom stereocenters. The minimum atomic E-state index is -0.500. The summed E-state index contributed by atoms with van der Waals surface area (Å²) >= 11 is 7.09. The first-order chi connectivity index (χ1) is 17.3. The molecule has 2 aromatic rings. The van der Waals surface area contributed by atoms with Gasteiger partial charge in [-0.15, -0.1) is 11.3 Å². The van der Waals surface area contributed by atoms with Crippen molar-refractivity contribution in [3.63, 3.8) is 0 Å². The highest BCUT2D eigenvalue weighted by molar-refractivity contribution is 7.18. The molecular formula is C25H32ClN5O4S. The first-order valence-corrected chi connectivity index (χ1v) is 13.5. The van der Waals surface area contributed by atoms with Gasteiger partial charge in [-0.3, -0.25) is 14.5 Å². The summed E-state index contributed by atoms with van der Waals surface area (Å²) in [5, 5.41) is 5.84. The van der Waals surface area contributed by atoms with Crippen LogP contribution in [0.25, 0.3) is 0 Å². The fraction of sp³-hybridized carbons (Fsp3) is 0.480. The molecule has 1 aromatic heterocycles. The predicted octanol–water partition coefficient (Wildman–Crippen LogP) is 4.21. The molecule has 2 saturated heterocycles. The van der Waals surface area contributed by atoms with Crippen LogP contribution in [0.4, 0.5) is 21.9 Å². The predicted molar refractivity (Wildman–Crippen MR) is 143 cm³/mol. The fourth-order valence-corrected chi connectivity index (χ4v) is 5.35. The maximum absolute atomic E-state index is 12.7. The van der Waals surface area contributed by atoms with E-state index in [0.717, 1.165) is 37.9 Å². The number of anilines is 3. The molecule has 2 unspecified atom stereocenters. The second kappa shape index (κ2) is 11.9. The maximum Gasteiger partial charge on any atom is 0.414 e. The van der Waals surface area contributed by atoms with Gasteiger partial charge in [-0.1, -0.05) is 31.4 Å². The number of rotatable bonds is 10. The van der Waals surface area contributed by atoms with Crippen LogP contribution in [0.2, 0.25) is 4.34 Å². The zero-order valence-electron chi connectivity index (χ0n) is 20.3. The van der Waals surface area contributed by atoms with E-state index in [1.54, 1.807) is 12.1 Å². The zero-order valence-corrected chi connectivity index (χ0v) is 21.9. The highest BCUT2D eigenvalue weighted by Gasteiger charge is 2.33. The van der Waals surface area contributed by atoms with Crippen LogP contribution in [0.1, 0.15) is 48.7 Å². The Balaban J connectivity index is 1.44. The first kappa shape index (κ1) is 26.2. The molecule has 3 amide bonds. The van der Waals surface area contributed by atoms with E-state index in [0.29, 0.717) is 33.6 Å². The summed E-state index contributed by atoms with van der Waals surface area (Å²) in [4.78, 5) is 41.8. The molecule has 9 nitrogen and oxygen atoms in total. The van der Waals surface area contributed by atoms with E-state index in [9.17, 15) is 14.4 Å². The Morgan fingerprint density at radius 3 is 2.75 bits per heavy atom. The number of nitrogens with two attached hydrogens (primary N) is 1. The zero-order chi connectivity index (χ0) is 25.7. The van der Waals surface area contributed by atoms with E-state index in [1.165, 1.54) is 16.2 Å². The smallest absolute Gasteiger partial charge is 0.414 e. The molecule has 36 heavy (non-hydrogen) atoms. The number of hydrogen-bond donors (Lipinski definition) is 3. The van der Waals surface area contributed by atoms with Crippen LogP contribution in [0, 0.1) is 0 Å². The molecule has 1 aromatic carbocycles. The van der Waals surface area contributed by atoms with Gasteiger partial charge in [0.15, 0.2) is 0 Å². The summed E-state index contributed by atoms with van der Waals surface area (Å²) in [6, 6.07) is 8.99. The molecule has 0 saturated carbocycles. The summed E-state index contributed by atoms with van der Waals surface area (Å²) in [5.74, 6) is -0.314. The van der Waals surface area contributed by atoms with Gasteiger partial charge in [-0.05, 0) is 43.2 Å². The number of amides is 3. The highest BCUT2D eigenvalue weighted by atomic mass is 35.5. The van der Waals surface area contributed by atoms with Gasteiger partial charge in [-0.2, -0.15) is 0 Å². The van der Waals surface area contributed by atoms with Crippen molar-refractivity contribution >= 4 is 57.9 Å². The number of cyclic esters (lactones) is 1. The number of benzene rings is 1. The summed E-state index contributed by atoms with van der Waals surface area (Å²) < 4.78 is 6.02. The number of carbonyl (C=O) groups is 3. The second-order valence-electron chi connectivity index (χ2n) is 9.13. The quantitative estimate of drug-likeness (QED) is 0.394. The van der Waals surface area contributed by atoms with Crippen molar-refractivity contribution in [2.45, 2.75) is 51.2 Å². The van der Waals surface area contributed by atoms with Gasteiger partial charge in [0.25, 0.3) is 5.91 Å². The molecule has 0 radical (unpaired) electrons. The standard InChI is InChI=1S/C25H32ClN5O4S/c1-2-3-4-5-23(32)29-19-12-17(6-7-20(19)30-11-10-16(27)14-30)31-15-18(35-25(31)34)13-28-24(33)21-8-9-22(26)36-21/h6-9,12,16,18H,2-5,10-11,13-15,27H2,1H3,(H,28,33)(H,29,32). The molecule has 0 spiro atoms. The third kappa shape index (κ3) is 6.48. The van der Waals surface area contributed by atoms with Gasteiger partial charge < -0.3 is 26.0 Å². The van der Waals surface area contributed by atoms with Crippen molar-refractivity contribution in [1.29, 1.82) is 0 Å². The van der Waals surface area contributed by atoms with E-state index < -0.39 is 12.2 Å². The van der Waals surface area contributed by atoms with Gasteiger partial charge in [-0.25, -0.2) is 4.79 Å². The van der Waals surface area contributed by atoms with Crippen LogP contribution in [-0.2, 0) is 9.53 Å². The molecule has 0 aliphatic carbocycles. The Morgan fingerprint density at radius 1 is 1.22 bits per heavy atom. The third-order valence-electron chi connectivity index (χ3n) is 6.30. The molecular weight excluding hydrogens is 502 g/mol. The van der Waals surface area contributed by atoms with Crippen LogP contribution < -0.4 is 26.2 Å². The number of nitrogens with one attached hydrogen (secondary N) is 2. The first-order valence-electron chi connectivity index (χ1n) is 12.3. The average Bonchev–Trinajstić information content (AvgIpc) is 3.57. The van der Waals surface area contributed by atoms with Crippen molar-refractivity contribution < 1.29 is 19.1 Å². The fourth-order valence-electron chi connectivity index (χ4n) is 4.39. The van der Waals surface area contributed by atoms with Gasteiger partial charge in [0.2, 0.25) is 5.91 Å². The van der Waals surface area contributed by atoms with E-state index in [1.807, 2.05) is 18.2 Å². The lowest BCUT2D eigenvalue weighted by Crippen LogP contribution is -2.34. The molecule has 0 bridgehead atoms. The van der Waals surface area contributed by atoms with Gasteiger partial charge in [0, 0.05) is 31.2 Å². The van der Waals surface area contributed by atoms with E-state index in [2.05, 4.69) is 22.5 Å². The van der Waals surface area contributed by atoms with Gasteiger partial charge in [0.1, 0.15) is 6.10 Å². The Bertz CT molecular complexity index is 1110. The van der Waals surface area contributed by atoms with Crippen LogP contribution in [0.15, 0.2) is 30.3 Å². The monoisotopic (exact) mass is 533 g/mol. The minimum absolute atomic E-state index is 0.0522. The normalized spacial score (nSPS) is 19.5. The lowest BCUT2D eigenvalue weighted by atomic mass is 10.1. The van der Waals surface area contributed by atoms with Crippen molar-refractivity contribution in [2.24, 2.45) is 5.73 Å². The SMILES string of the molecule is CCCCCC(=O)Nc1cc(N2CC(CNC(=O)c3ccc(Cl)s3)OC2=O)ccc1N1CCC(N)C1. The summed E-state index contributed by atoms with van der Waals surface area (Å²) in [5.41, 5.74) is 8.28. The van der Waals surface area contributed by atoms with E-state index in [-0.39, 0.29) is 30.9 Å². The Morgan fingerprint density at radius 2 is 2.06 bits per heavy atom. The van der Waals surface area contributed by atoms with Gasteiger partial charge >= 0.3 is 6.09 Å². The largest absolute Gasteiger partial charge is 0.442 e. The van der Waals surface area contributed by atoms with Crippen molar-refractivity contribution in [1.82, 2.24) is 5.32 Å². The molecule has 4 rings (SSSR count). The number of carbonyl (C=O) groups excluding carboxylic acids is 3. The Hall–Kier alpha value is -2.82. The number of thiophene rings is 1. The van der Waals surface area contributed by atoms with Gasteiger partial charge in [0.05, 0.1) is 33.7 Å². The number of unbranched alkanes of at least 4 members (excludes halogenated alkanes) is 2. The maximum atomic E-state index is 12.7. The van der Waals surface area contributed by atoms with Crippen LogP contribution in [0.5, 0.6) is 0 Å². The molecule has 4 N–H and O–H groups in total. The Labute approximate surface area is 219 Å². The van der Waals surface area contributed by atoms with Crippen molar-refractivity contribution in [3.8, 4) is 0 Å². The van der Waals surface area contributed by atoms with Crippen LogP contribution >= 0.6 is 22.9 Å². The van der Waals surface area contributed by atoms with Crippen molar-refractivity contribution in [3.05, 3.63) is 39.5 Å². The van der Waals surface area contributed by atoms with E-state index >= 15 is 0 Å². The molecule has 2 fully saturated rings. The third-order valence-corrected chi connectivity index (χ3v) is 7.53. The highest BCUT2D eigenvalue weighted by Crippen LogP contribution is 2.34. The van der Waals surface area contributed by atoms with Crippen molar-refractivity contribution in [2.75, 3.05) is 41.3 Å². The molecule has 2 aliphatic heterocycles. The van der Waals surface area contributed by atoms with Crippen LogP contribution in [-0.4, -0.2) is 56.2 Å². The average molecular weight is 534 g/mol. The summed E-state index contributed by atoms with van der Waals surface area (Å²) in [6.07, 6.45) is 3.20. The number of ether oxygens (including phenoxy) is 1. The summed E-state index contributed by atoms with van der Waals surface area (Å²) in [7, 11) is 0. The molecule has 2 aliphatic rings.